The molecule has 1 aromatic carbocycles. The van der Waals surface area contributed by atoms with E-state index >= 15 is 0 Å². The molecule has 1 N–H and O–H groups in total. The number of carbonyl (C=O) groups excluding carboxylic acids is 2. The smallest absolute Gasteiger partial charge is 0.295 e. The van der Waals surface area contributed by atoms with Crippen LogP contribution in [0.15, 0.2) is 23.3 Å². The van der Waals surface area contributed by atoms with E-state index in [2.05, 4.69) is 11.2 Å². The molecule has 0 radical (unpaired) electrons. The molecule has 3 rings (SSSR count). The Labute approximate surface area is 142 Å². The van der Waals surface area contributed by atoms with Gasteiger partial charge >= 0.3 is 0 Å². The third-order valence-electron chi connectivity index (χ3n) is 4.27. The van der Waals surface area contributed by atoms with Gasteiger partial charge in [0, 0.05) is 11.1 Å². The second kappa shape index (κ2) is 6.36. The molecule has 1 aliphatic heterocycles. The van der Waals surface area contributed by atoms with Crippen molar-refractivity contribution in [3.63, 3.8) is 0 Å². The molecule has 0 bridgehead atoms. The van der Waals surface area contributed by atoms with Crippen LogP contribution in [0, 0.1) is 28.3 Å². The lowest BCUT2D eigenvalue weighted by atomic mass is 9.93. The highest BCUT2D eigenvalue weighted by molar-refractivity contribution is 6.33. The predicted octanol–water partition coefficient (Wildman–Crippen LogP) is 2.52. The first-order valence-corrected chi connectivity index (χ1v) is 7.71. The summed E-state index contributed by atoms with van der Waals surface area (Å²) in [7, 11) is 0. The lowest BCUT2D eigenvalue weighted by molar-refractivity contribution is -0.384. The number of benzene rings is 1. The minimum Gasteiger partial charge on any atom is -0.369 e. The summed E-state index contributed by atoms with van der Waals surface area (Å²) in [4.78, 5) is 36.2. The second-order valence-electron chi connectivity index (χ2n) is 5.75. The molecule has 0 atom stereocenters. The zero-order valence-electron chi connectivity index (χ0n) is 13.2. The second-order valence-corrected chi connectivity index (χ2v) is 5.75. The molecule has 2 amide bonds. The van der Waals surface area contributed by atoms with Crippen LogP contribution in [0.25, 0.3) is 0 Å². The van der Waals surface area contributed by atoms with Crippen LogP contribution < -0.4 is 10.2 Å². The molecule has 128 valence electrons. The van der Waals surface area contributed by atoms with Crippen molar-refractivity contribution in [2.24, 2.45) is 0 Å². The summed E-state index contributed by atoms with van der Waals surface area (Å²) in [6.07, 6.45) is 7.68. The standard InChI is InChI=1S/C17H14FN3O4/c1-2-7-19-13-9-14(12(18)8-15(13)21(24)25)20-16(22)10-5-3-4-6-11(10)17(20)23/h1,8-9,19H,3-7H2. The van der Waals surface area contributed by atoms with Crippen LogP contribution in [0.4, 0.5) is 21.5 Å². The van der Waals surface area contributed by atoms with Crippen molar-refractivity contribution >= 4 is 28.9 Å². The summed E-state index contributed by atoms with van der Waals surface area (Å²) in [6.45, 7) is -0.0252. The van der Waals surface area contributed by atoms with Crippen LogP contribution in [0.2, 0.25) is 0 Å². The molecule has 25 heavy (non-hydrogen) atoms. The fourth-order valence-corrected chi connectivity index (χ4v) is 3.12. The van der Waals surface area contributed by atoms with Gasteiger partial charge in [-0.3, -0.25) is 19.7 Å². The Morgan fingerprint density at radius 3 is 2.36 bits per heavy atom. The van der Waals surface area contributed by atoms with E-state index in [1.807, 2.05) is 0 Å². The van der Waals surface area contributed by atoms with Crippen molar-refractivity contribution < 1.29 is 18.9 Å². The SMILES string of the molecule is C#CCNc1cc(N2C(=O)C3=C(CCCC3)C2=O)c(F)cc1[N+](=O)[O-]. The third kappa shape index (κ3) is 2.74. The molecule has 8 heteroatoms. The number of amides is 2. The van der Waals surface area contributed by atoms with Gasteiger partial charge in [0.2, 0.25) is 0 Å². The maximum atomic E-state index is 14.5. The maximum Gasteiger partial charge on any atom is 0.295 e. The van der Waals surface area contributed by atoms with Gasteiger partial charge < -0.3 is 5.32 Å². The van der Waals surface area contributed by atoms with Crippen molar-refractivity contribution in [2.75, 3.05) is 16.8 Å². The molecule has 0 saturated carbocycles. The largest absolute Gasteiger partial charge is 0.369 e. The molecular weight excluding hydrogens is 329 g/mol. The first-order valence-electron chi connectivity index (χ1n) is 7.71. The van der Waals surface area contributed by atoms with Gasteiger partial charge in [-0.05, 0) is 31.7 Å². The minimum absolute atomic E-state index is 0.0252. The fourth-order valence-electron chi connectivity index (χ4n) is 3.12. The summed E-state index contributed by atoms with van der Waals surface area (Å²) >= 11 is 0. The van der Waals surface area contributed by atoms with E-state index < -0.39 is 28.2 Å². The van der Waals surface area contributed by atoms with Crippen LogP contribution in [-0.4, -0.2) is 23.3 Å². The van der Waals surface area contributed by atoms with Crippen LogP contribution in [-0.2, 0) is 9.59 Å². The summed E-state index contributed by atoms with van der Waals surface area (Å²) < 4.78 is 14.5. The molecule has 1 aromatic rings. The number of nitro benzene ring substituents is 1. The Kier molecular flexibility index (Phi) is 4.23. The number of nitrogens with zero attached hydrogens (tertiary/aromatic N) is 2. The van der Waals surface area contributed by atoms with Gasteiger partial charge in [-0.2, -0.15) is 0 Å². The van der Waals surface area contributed by atoms with E-state index in [0.717, 1.165) is 23.8 Å². The molecule has 7 nitrogen and oxygen atoms in total. The Morgan fingerprint density at radius 1 is 1.24 bits per heavy atom. The Morgan fingerprint density at radius 2 is 1.84 bits per heavy atom. The summed E-state index contributed by atoms with van der Waals surface area (Å²) in [5, 5.41) is 13.7. The molecule has 1 heterocycles. The lowest BCUT2D eigenvalue weighted by Crippen LogP contribution is -2.32. The van der Waals surface area contributed by atoms with Crippen molar-refractivity contribution in [3.8, 4) is 12.3 Å². The van der Waals surface area contributed by atoms with Crippen molar-refractivity contribution in [3.05, 3.63) is 39.2 Å². The molecule has 1 aliphatic carbocycles. The van der Waals surface area contributed by atoms with E-state index in [0.29, 0.717) is 30.1 Å². The fraction of sp³-hybridized carbons (Fsp3) is 0.294. The topological polar surface area (TPSA) is 92.6 Å². The zero-order chi connectivity index (χ0) is 18.1. The number of halogens is 1. The first kappa shape index (κ1) is 16.6. The summed E-state index contributed by atoms with van der Waals surface area (Å²) in [6, 6.07) is 1.77. The highest BCUT2D eigenvalue weighted by atomic mass is 19.1. The Bertz CT molecular complexity index is 841. The molecule has 0 saturated heterocycles. The van der Waals surface area contributed by atoms with Gasteiger partial charge in [-0.25, -0.2) is 9.29 Å². The molecule has 0 unspecified atom stereocenters. The van der Waals surface area contributed by atoms with Gasteiger partial charge in [0.05, 0.1) is 23.2 Å². The number of terminal acetylenes is 1. The number of nitrogens with one attached hydrogen (secondary N) is 1. The van der Waals surface area contributed by atoms with E-state index in [1.54, 1.807) is 0 Å². The molecule has 0 spiro atoms. The number of anilines is 2. The number of imide groups is 1. The third-order valence-corrected chi connectivity index (χ3v) is 4.27. The molecule has 0 aromatic heterocycles. The summed E-state index contributed by atoms with van der Waals surface area (Å²) in [5.74, 6) is 0.127. The van der Waals surface area contributed by atoms with Gasteiger partial charge in [0.1, 0.15) is 5.69 Å². The van der Waals surface area contributed by atoms with E-state index in [-0.39, 0.29) is 17.9 Å². The van der Waals surface area contributed by atoms with Gasteiger partial charge in [-0.15, -0.1) is 6.42 Å². The molecular formula is C17H14FN3O4. The van der Waals surface area contributed by atoms with Crippen molar-refractivity contribution in [2.45, 2.75) is 25.7 Å². The van der Waals surface area contributed by atoms with Crippen LogP contribution >= 0.6 is 0 Å². The molecule has 0 fully saturated rings. The Balaban J connectivity index is 2.06. The van der Waals surface area contributed by atoms with Gasteiger partial charge in [-0.1, -0.05) is 5.92 Å². The number of hydrogen-bond donors (Lipinski definition) is 1. The van der Waals surface area contributed by atoms with E-state index in [4.69, 9.17) is 6.42 Å². The van der Waals surface area contributed by atoms with Crippen molar-refractivity contribution in [1.82, 2.24) is 0 Å². The molecule has 2 aliphatic rings. The van der Waals surface area contributed by atoms with Gasteiger partial charge in [0.25, 0.3) is 17.5 Å². The lowest BCUT2D eigenvalue weighted by Gasteiger charge is -2.17. The average Bonchev–Trinajstić information content (AvgIpc) is 2.85. The number of nitro groups is 1. The number of rotatable bonds is 4. The number of carbonyl (C=O) groups is 2. The summed E-state index contributed by atoms with van der Waals surface area (Å²) in [5.41, 5.74) is -0.0630. The predicted molar refractivity (Wildman–Crippen MR) is 88.4 cm³/mol. The van der Waals surface area contributed by atoms with Crippen LogP contribution in [0.1, 0.15) is 25.7 Å². The zero-order valence-corrected chi connectivity index (χ0v) is 13.2. The number of hydrogen-bond acceptors (Lipinski definition) is 5. The van der Waals surface area contributed by atoms with Crippen molar-refractivity contribution in [1.29, 1.82) is 0 Å². The van der Waals surface area contributed by atoms with Gasteiger partial charge in [0.15, 0.2) is 5.82 Å². The average molecular weight is 343 g/mol. The maximum absolute atomic E-state index is 14.5. The Hall–Kier alpha value is -3.21. The van der Waals surface area contributed by atoms with E-state index in [1.165, 1.54) is 0 Å². The van der Waals surface area contributed by atoms with Crippen LogP contribution in [0.5, 0.6) is 0 Å². The van der Waals surface area contributed by atoms with Crippen LogP contribution in [0.3, 0.4) is 0 Å². The van der Waals surface area contributed by atoms with E-state index in [9.17, 15) is 24.1 Å². The minimum atomic E-state index is -1.01. The monoisotopic (exact) mass is 343 g/mol. The highest BCUT2D eigenvalue weighted by Crippen LogP contribution is 2.39. The highest BCUT2D eigenvalue weighted by Gasteiger charge is 2.41. The first-order chi connectivity index (χ1) is 12.0. The normalized spacial score (nSPS) is 16.7. The quantitative estimate of drug-likeness (QED) is 0.392.